The van der Waals surface area contributed by atoms with Gasteiger partial charge in [0.2, 0.25) is 0 Å². The normalized spacial score (nSPS) is 13.6. The van der Waals surface area contributed by atoms with E-state index >= 15 is 0 Å². The number of rotatable bonds is 10. The van der Waals surface area contributed by atoms with Crippen LogP contribution in [0.2, 0.25) is 26.2 Å². The summed E-state index contributed by atoms with van der Waals surface area (Å²) in [5.74, 6) is 1.46. The maximum atomic E-state index is 3.94. The predicted molar refractivity (Wildman–Crippen MR) is 448 cm³/mol. The first-order valence-corrected chi connectivity index (χ1v) is 42.8. The van der Waals surface area contributed by atoms with Crippen molar-refractivity contribution in [2.75, 3.05) is 9.80 Å². The van der Waals surface area contributed by atoms with Crippen LogP contribution in [0.5, 0.6) is 0 Å². The Labute approximate surface area is 602 Å². The molecule has 16 aromatic carbocycles. The molecule has 0 aliphatic carbocycles. The second kappa shape index (κ2) is 24.2. The van der Waals surface area contributed by atoms with Crippen LogP contribution in [0.3, 0.4) is 0 Å². The van der Waals surface area contributed by atoms with Crippen molar-refractivity contribution >= 4 is 189 Å². The molecule has 2 nitrogen and oxygen atoms in total. The second-order valence-electron chi connectivity index (χ2n) is 30.0. The van der Waals surface area contributed by atoms with Gasteiger partial charge in [0.1, 0.15) is 16.1 Å². The third-order valence-electron chi connectivity index (χ3n) is 22.3. The van der Waals surface area contributed by atoms with Crippen LogP contribution in [-0.4, -0.2) is 16.1 Å². The van der Waals surface area contributed by atoms with Gasteiger partial charge in [-0.3, -0.25) is 0 Å². The maximum Gasteiger partial charge on any atom is 0.116 e. The van der Waals surface area contributed by atoms with Gasteiger partial charge in [0.05, 0.1) is 11.4 Å². The number of anilines is 6. The molecule has 0 bridgehead atoms. The van der Waals surface area contributed by atoms with Crippen LogP contribution in [0, 0.1) is 0 Å². The van der Waals surface area contributed by atoms with Crippen molar-refractivity contribution in [3.8, 4) is 22.3 Å². The highest BCUT2D eigenvalue weighted by Gasteiger charge is 2.43. The minimum Gasteiger partial charge on any atom is -0.310 e. The largest absolute Gasteiger partial charge is 0.310 e. The van der Waals surface area contributed by atoms with Gasteiger partial charge in [-0.25, -0.2) is 0 Å². The summed E-state index contributed by atoms with van der Waals surface area (Å²) < 4.78 is 2.38. The van der Waals surface area contributed by atoms with Crippen LogP contribution in [-0.2, 0) is 0 Å². The number of benzene rings is 16. The van der Waals surface area contributed by atoms with Gasteiger partial charge >= 0.3 is 0 Å². The van der Waals surface area contributed by atoms with Gasteiger partial charge in [0.25, 0.3) is 0 Å². The molecule has 0 amide bonds. The van der Waals surface area contributed by atoms with Gasteiger partial charge in [0, 0.05) is 58.6 Å². The standard InChI is InChI=1S/C66H58N2Si2.C26H22Br2.CH4/c1-41(2)53-39-58(68(44-25-13-10-14-26-44)56-34-22-32-51-46-28-18-20-36-60(46)70(7,8)66(51)56)62-48-30-16-15-29-47(48)61-54(42(3)4)40-57(52-38-37-49(53)63(62)64(52)61)67(43-23-11-9-12-24-43)55-33-21-31-50-45-27-17-19-35-59(45)69(5,6)65(50)55;1-13(2)19-11-22(28)24-16-8-6-5-7-15(16)23-20(14(3)4)12-21(27)18-10-9-17(19)25(24)26(18)23;/h9-42H,1-8H3;5-14H,1-4H3;1H4. The van der Waals surface area contributed by atoms with E-state index < -0.39 is 16.1 Å². The predicted octanol–water partition coefficient (Wildman–Crippen LogP) is 26.7. The molecule has 6 heteroatoms. The SMILES string of the molecule is C.CC(C)c1cc(Br)c2c3ccccc3c3c(C(C)C)cc(Br)c4ccc1c2c43.CC(C)c1cc(N(c2ccccc2)c2cccc3c2[Si](C)(C)c2ccccc2-3)c2c3ccccc3c3c(C(C)C)cc(N(c4ccccc4)c4cccc5c4[Si](C)(C)c4ccccc4-5)c4ccc1c2c43. The summed E-state index contributed by atoms with van der Waals surface area (Å²) in [5.41, 5.74) is 18.5. The minimum atomic E-state index is -2.16. The Morgan fingerprint density at radius 2 is 0.606 bits per heavy atom. The Balaban J connectivity index is 0.000000220. The molecule has 0 unspecified atom stereocenters. The summed E-state index contributed by atoms with van der Waals surface area (Å²) in [6.07, 6.45) is 0. The second-order valence-corrected chi connectivity index (χ2v) is 40.3. The van der Waals surface area contributed by atoms with Crippen LogP contribution in [0.4, 0.5) is 34.1 Å². The topological polar surface area (TPSA) is 6.48 Å². The fourth-order valence-electron chi connectivity index (χ4n) is 18.0. The van der Waals surface area contributed by atoms with E-state index in [9.17, 15) is 0 Å². The van der Waals surface area contributed by atoms with E-state index in [1.807, 2.05) is 0 Å². The van der Waals surface area contributed by atoms with Gasteiger partial charge in [0.15, 0.2) is 0 Å². The summed E-state index contributed by atoms with van der Waals surface area (Å²) >= 11 is 7.81. The molecule has 0 saturated heterocycles. The molecule has 2 aliphatic heterocycles. The fourth-order valence-corrected chi connectivity index (χ4v) is 26.0. The fraction of sp³-hybridized carbons (Fsp3) is 0.183. The Bertz CT molecular complexity index is 5930. The first kappa shape index (κ1) is 64.8. The van der Waals surface area contributed by atoms with Crippen LogP contribution in [0.25, 0.3) is 108 Å². The maximum absolute atomic E-state index is 3.94. The van der Waals surface area contributed by atoms with E-state index in [2.05, 4.69) is 366 Å². The average Bonchev–Trinajstić information content (AvgIpc) is 1.45. The molecule has 0 saturated carbocycles. The highest BCUT2D eigenvalue weighted by Crippen LogP contribution is 2.56. The molecule has 2 heterocycles. The van der Waals surface area contributed by atoms with Gasteiger partial charge < -0.3 is 9.80 Å². The lowest BCUT2D eigenvalue weighted by Gasteiger charge is -2.35. The summed E-state index contributed by atoms with van der Waals surface area (Å²) in [7, 11) is -4.31. The zero-order valence-corrected chi connectivity index (χ0v) is 63.2. The number of hydrogen-bond acceptors (Lipinski definition) is 2. The Morgan fingerprint density at radius 1 is 0.263 bits per heavy atom. The lowest BCUT2D eigenvalue weighted by Crippen LogP contribution is -2.50. The molecule has 0 aromatic heterocycles. The summed E-state index contributed by atoms with van der Waals surface area (Å²) in [4.78, 5) is 5.29. The molecule has 0 fully saturated rings. The smallest absolute Gasteiger partial charge is 0.116 e. The molecule has 0 spiro atoms. The monoisotopic (exact) mass is 1440 g/mol. The van der Waals surface area contributed by atoms with Crippen LogP contribution in [0.15, 0.2) is 252 Å². The summed E-state index contributed by atoms with van der Waals surface area (Å²) in [5, 5.41) is 27.6. The van der Waals surface area contributed by atoms with Gasteiger partial charge in [-0.1, -0.05) is 303 Å². The Hall–Kier alpha value is -8.89. The zero-order chi connectivity index (χ0) is 67.5. The Morgan fingerprint density at radius 3 is 1.10 bits per heavy atom. The van der Waals surface area contributed by atoms with Crippen molar-refractivity contribution in [3.05, 3.63) is 274 Å². The van der Waals surface area contributed by atoms with Crippen molar-refractivity contribution < 1.29 is 0 Å². The molecular formula is C93H84Br2N2Si2. The van der Waals surface area contributed by atoms with Crippen LogP contribution in [0.1, 0.15) is 109 Å². The number of para-hydroxylation sites is 2. The van der Waals surface area contributed by atoms with Crippen LogP contribution < -0.4 is 30.5 Å². The number of fused-ring (bicyclic) bond motifs is 12. The van der Waals surface area contributed by atoms with Crippen molar-refractivity contribution in [1.82, 2.24) is 0 Å². The van der Waals surface area contributed by atoms with Crippen molar-refractivity contribution in [2.45, 2.75) is 113 Å². The highest BCUT2D eigenvalue weighted by atomic mass is 79.9. The van der Waals surface area contributed by atoms with Gasteiger partial charge in [-0.05, 0) is 209 Å². The molecule has 0 N–H and O–H groups in total. The molecule has 16 aromatic rings. The average molecular weight is 1450 g/mol. The van der Waals surface area contributed by atoms with E-state index in [4.69, 9.17) is 0 Å². The molecule has 488 valence electrons. The number of nitrogens with zero attached hydrogens (tertiary/aromatic N) is 2. The minimum absolute atomic E-state index is 0. The number of halogens is 2. The lowest BCUT2D eigenvalue weighted by atomic mass is 9.81. The van der Waals surface area contributed by atoms with E-state index in [0.717, 1.165) is 0 Å². The molecular weight excluding hydrogens is 1360 g/mol. The number of hydrogen-bond donors (Lipinski definition) is 0. The summed E-state index contributed by atoms with van der Waals surface area (Å²) in [6, 6.07) is 92.5. The molecule has 99 heavy (non-hydrogen) atoms. The van der Waals surface area contributed by atoms with E-state index in [1.165, 1.54) is 195 Å². The molecule has 2 aliphatic rings. The van der Waals surface area contributed by atoms with Crippen molar-refractivity contribution in [3.63, 3.8) is 0 Å². The zero-order valence-electron chi connectivity index (χ0n) is 58.1. The quantitative estimate of drug-likeness (QED) is 0.0765. The summed E-state index contributed by atoms with van der Waals surface area (Å²) in [6.45, 7) is 28.9. The van der Waals surface area contributed by atoms with Gasteiger partial charge in [-0.2, -0.15) is 0 Å². The molecule has 0 radical (unpaired) electrons. The van der Waals surface area contributed by atoms with E-state index in [-0.39, 0.29) is 19.3 Å². The third-order valence-corrected chi connectivity index (χ3v) is 30.7. The molecule has 18 rings (SSSR count). The van der Waals surface area contributed by atoms with E-state index in [0.29, 0.717) is 11.8 Å². The van der Waals surface area contributed by atoms with E-state index in [1.54, 1.807) is 0 Å². The van der Waals surface area contributed by atoms with Crippen molar-refractivity contribution in [2.24, 2.45) is 0 Å². The van der Waals surface area contributed by atoms with Crippen LogP contribution >= 0.6 is 31.9 Å². The third kappa shape index (κ3) is 9.62. The van der Waals surface area contributed by atoms with Crippen molar-refractivity contribution in [1.29, 1.82) is 0 Å². The molecule has 0 atom stereocenters. The highest BCUT2D eigenvalue weighted by molar-refractivity contribution is 9.11. The first-order valence-electron chi connectivity index (χ1n) is 35.2. The lowest BCUT2D eigenvalue weighted by molar-refractivity contribution is 0.875. The van der Waals surface area contributed by atoms with Gasteiger partial charge in [-0.15, -0.1) is 0 Å². The Kier molecular flexibility index (Phi) is 15.8. The first-order chi connectivity index (χ1) is 47.4.